The van der Waals surface area contributed by atoms with Crippen LogP contribution in [0, 0.1) is 5.92 Å². The van der Waals surface area contributed by atoms with Crippen molar-refractivity contribution in [3.63, 3.8) is 0 Å². The van der Waals surface area contributed by atoms with Gasteiger partial charge in [-0.3, -0.25) is 0 Å². The first kappa shape index (κ1) is 14.1. The molecule has 1 fully saturated rings. The molecule has 0 atom stereocenters. The smallest absolute Gasteiger partial charge is 0.0241 e. The summed E-state index contributed by atoms with van der Waals surface area (Å²) in [5, 5.41) is 0. The first-order valence-corrected chi connectivity index (χ1v) is 7.77. The minimum absolute atomic E-state index is 1.37. The summed E-state index contributed by atoms with van der Waals surface area (Å²) in [6.07, 6.45) is 20.5. The molecule has 1 radical (unpaired) electrons. The van der Waals surface area contributed by atoms with Crippen LogP contribution in [0.25, 0.3) is 0 Å². The maximum Gasteiger partial charge on any atom is -0.0241 e. The summed E-state index contributed by atoms with van der Waals surface area (Å²) in [5.41, 5.74) is 0. The summed E-state index contributed by atoms with van der Waals surface area (Å²) < 4.78 is 0. The topological polar surface area (TPSA) is 0 Å². The zero-order chi connectivity index (χ0) is 11.5. The van der Waals surface area contributed by atoms with Crippen LogP contribution >= 0.6 is 0 Å². The molecule has 0 nitrogen and oxygen atoms in total. The second kappa shape index (κ2) is 10.2. The highest BCUT2D eigenvalue weighted by molar-refractivity contribution is 4.89. The lowest BCUT2D eigenvalue weighted by molar-refractivity contribution is 0.493. The van der Waals surface area contributed by atoms with Crippen LogP contribution in [0.4, 0.5) is 0 Å². The molecule has 1 aliphatic rings. The van der Waals surface area contributed by atoms with Crippen LogP contribution < -0.4 is 0 Å². The summed E-state index contributed by atoms with van der Waals surface area (Å²) in [6.45, 7) is 2.30. The fraction of sp³-hybridized carbons (Fsp3) is 0.938. The van der Waals surface area contributed by atoms with Crippen LogP contribution in [0.15, 0.2) is 0 Å². The van der Waals surface area contributed by atoms with Crippen LogP contribution in [0.2, 0.25) is 0 Å². The third-order valence-electron chi connectivity index (χ3n) is 3.94. The molecule has 1 rings (SSSR count). The Morgan fingerprint density at radius 1 is 0.688 bits per heavy atom. The maximum atomic E-state index is 2.30. The van der Waals surface area contributed by atoms with E-state index in [2.05, 4.69) is 6.92 Å². The lowest BCUT2D eigenvalue weighted by Crippen LogP contribution is -2.00. The molecular weight excluding hydrogens is 192 g/mol. The van der Waals surface area contributed by atoms with E-state index >= 15 is 0 Å². The Labute approximate surface area is 103 Å². The molecule has 95 valence electrons. The molecule has 0 saturated heterocycles. The predicted molar refractivity (Wildman–Crippen MR) is 73.6 cm³/mol. The van der Waals surface area contributed by atoms with Crippen molar-refractivity contribution in [3.05, 3.63) is 5.92 Å². The lowest BCUT2D eigenvalue weighted by Gasteiger charge is -2.17. The largest absolute Gasteiger partial charge is 0.0654 e. The van der Waals surface area contributed by atoms with E-state index in [1.807, 2.05) is 5.92 Å². The molecule has 0 bridgehead atoms. The van der Waals surface area contributed by atoms with Gasteiger partial charge in [-0.15, -0.1) is 0 Å². The molecule has 0 amide bonds. The molecule has 1 aliphatic carbocycles. The van der Waals surface area contributed by atoms with Crippen LogP contribution in [-0.4, -0.2) is 0 Å². The van der Waals surface area contributed by atoms with Gasteiger partial charge in [-0.1, -0.05) is 77.6 Å². The van der Waals surface area contributed by atoms with E-state index in [1.165, 1.54) is 89.9 Å². The number of unbranched alkanes of at least 4 members (excludes halogenated alkanes) is 3. The second-order valence-corrected chi connectivity index (χ2v) is 5.54. The van der Waals surface area contributed by atoms with E-state index in [9.17, 15) is 0 Å². The number of rotatable bonds is 5. The van der Waals surface area contributed by atoms with Crippen LogP contribution in [-0.2, 0) is 0 Å². The first-order valence-electron chi connectivity index (χ1n) is 7.77. The van der Waals surface area contributed by atoms with E-state index in [1.54, 1.807) is 0 Å². The summed E-state index contributed by atoms with van der Waals surface area (Å²) in [5.74, 6) is 1.90. The number of hydrogen-bond donors (Lipinski definition) is 0. The van der Waals surface area contributed by atoms with Crippen molar-refractivity contribution in [3.8, 4) is 0 Å². The Kier molecular flexibility index (Phi) is 8.94. The normalized spacial score (nSPS) is 20.8. The van der Waals surface area contributed by atoms with Gasteiger partial charge in [0.1, 0.15) is 0 Å². The third-order valence-corrected chi connectivity index (χ3v) is 3.94. The van der Waals surface area contributed by atoms with E-state index in [4.69, 9.17) is 0 Å². The Hall–Kier alpha value is 0. The molecule has 1 saturated carbocycles. The van der Waals surface area contributed by atoms with Crippen molar-refractivity contribution in [2.75, 3.05) is 0 Å². The Balaban J connectivity index is 2.09. The van der Waals surface area contributed by atoms with Crippen molar-refractivity contribution < 1.29 is 0 Å². The highest BCUT2D eigenvalue weighted by Gasteiger charge is 2.10. The molecule has 0 aromatic heterocycles. The van der Waals surface area contributed by atoms with Gasteiger partial charge in [-0.05, 0) is 25.2 Å². The summed E-state index contributed by atoms with van der Waals surface area (Å²) >= 11 is 0. The second-order valence-electron chi connectivity index (χ2n) is 5.54. The fourth-order valence-electron chi connectivity index (χ4n) is 2.81. The molecule has 0 spiro atoms. The van der Waals surface area contributed by atoms with E-state index < -0.39 is 0 Å². The summed E-state index contributed by atoms with van der Waals surface area (Å²) in [6, 6.07) is 0. The van der Waals surface area contributed by atoms with Crippen molar-refractivity contribution in [2.45, 2.75) is 96.8 Å². The minimum Gasteiger partial charge on any atom is -0.0654 e. The van der Waals surface area contributed by atoms with Crippen LogP contribution in [0.5, 0.6) is 0 Å². The predicted octanol–water partition coefficient (Wildman–Crippen LogP) is 6.06. The molecule has 16 heavy (non-hydrogen) atoms. The molecule has 0 heterocycles. The van der Waals surface area contributed by atoms with Gasteiger partial charge in [0.05, 0.1) is 0 Å². The van der Waals surface area contributed by atoms with Gasteiger partial charge in [0.2, 0.25) is 0 Å². The summed E-state index contributed by atoms with van der Waals surface area (Å²) in [7, 11) is 0. The van der Waals surface area contributed by atoms with Crippen molar-refractivity contribution in [1.29, 1.82) is 0 Å². The Bertz CT molecular complexity index is 129. The van der Waals surface area contributed by atoms with Gasteiger partial charge in [0.25, 0.3) is 0 Å². The molecule has 0 aromatic rings. The van der Waals surface area contributed by atoms with Crippen molar-refractivity contribution in [2.24, 2.45) is 0 Å². The SMILES string of the molecule is CCCCCC[C]1CCCCCCCCC1. The van der Waals surface area contributed by atoms with Crippen LogP contribution in [0.3, 0.4) is 0 Å². The average molecular weight is 223 g/mol. The number of hydrogen-bond acceptors (Lipinski definition) is 0. The van der Waals surface area contributed by atoms with Gasteiger partial charge in [-0.25, -0.2) is 0 Å². The average Bonchev–Trinajstić information content (AvgIpc) is 2.32. The highest BCUT2D eigenvalue weighted by Crippen LogP contribution is 2.27. The van der Waals surface area contributed by atoms with Gasteiger partial charge < -0.3 is 0 Å². The van der Waals surface area contributed by atoms with Gasteiger partial charge in [0, 0.05) is 0 Å². The van der Waals surface area contributed by atoms with E-state index in [-0.39, 0.29) is 0 Å². The van der Waals surface area contributed by atoms with Gasteiger partial charge in [-0.2, -0.15) is 0 Å². The fourth-order valence-corrected chi connectivity index (χ4v) is 2.81. The third kappa shape index (κ3) is 7.30. The molecule has 0 aromatic carbocycles. The maximum absolute atomic E-state index is 2.30. The monoisotopic (exact) mass is 223 g/mol. The summed E-state index contributed by atoms with van der Waals surface area (Å²) in [4.78, 5) is 0. The zero-order valence-corrected chi connectivity index (χ0v) is 11.4. The first-order chi connectivity index (χ1) is 7.93. The Morgan fingerprint density at radius 2 is 1.25 bits per heavy atom. The quantitative estimate of drug-likeness (QED) is 0.497. The highest BCUT2D eigenvalue weighted by atomic mass is 14.2. The van der Waals surface area contributed by atoms with E-state index in [0.717, 1.165) is 0 Å². The molecular formula is C16H31. The van der Waals surface area contributed by atoms with Crippen molar-refractivity contribution in [1.82, 2.24) is 0 Å². The van der Waals surface area contributed by atoms with Gasteiger partial charge in [0.15, 0.2) is 0 Å². The standard InChI is InChI=1S/C16H31/c1-2-3-4-10-13-16-14-11-8-6-5-7-9-12-15-16/h2-15H2,1H3. The lowest BCUT2D eigenvalue weighted by atomic mass is 9.88. The Morgan fingerprint density at radius 3 is 1.81 bits per heavy atom. The van der Waals surface area contributed by atoms with E-state index in [0.29, 0.717) is 0 Å². The molecule has 0 N–H and O–H groups in total. The molecule has 0 aliphatic heterocycles. The van der Waals surface area contributed by atoms with Crippen LogP contribution in [0.1, 0.15) is 96.8 Å². The molecule has 0 unspecified atom stereocenters. The minimum atomic E-state index is 1.37. The van der Waals surface area contributed by atoms with Crippen molar-refractivity contribution >= 4 is 0 Å². The zero-order valence-electron chi connectivity index (χ0n) is 11.4. The molecule has 0 heteroatoms. The van der Waals surface area contributed by atoms with Gasteiger partial charge >= 0.3 is 0 Å².